The molecule has 5 aromatic rings. The highest BCUT2D eigenvalue weighted by molar-refractivity contribution is 7.89. The Morgan fingerprint density at radius 3 is 2.31 bits per heavy atom. The fourth-order valence-electron chi connectivity index (χ4n) is 4.93. The van der Waals surface area contributed by atoms with Crippen molar-refractivity contribution >= 4 is 27.3 Å². The number of aromatic carboxylic acids is 1. The summed E-state index contributed by atoms with van der Waals surface area (Å²) < 4.78 is 53.5. The van der Waals surface area contributed by atoms with Crippen molar-refractivity contribution in [3.63, 3.8) is 0 Å². The summed E-state index contributed by atoms with van der Waals surface area (Å²) in [5.74, 6) is -4.89. The second-order valence-corrected chi connectivity index (χ2v) is 12.6. The number of nitrogens with zero attached hydrogens (tertiary/aromatic N) is 3. The summed E-state index contributed by atoms with van der Waals surface area (Å²) in [4.78, 5) is 15.7. The maximum atomic E-state index is 14.2. The molecule has 1 unspecified atom stereocenters. The Morgan fingerprint density at radius 2 is 1.69 bits per heavy atom. The molecule has 1 fully saturated rings. The predicted molar refractivity (Wildman–Crippen MR) is 154 cm³/mol. The number of benzene rings is 3. The van der Waals surface area contributed by atoms with Gasteiger partial charge in [0.05, 0.1) is 16.3 Å². The van der Waals surface area contributed by atoms with Crippen LogP contribution in [0.2, 0.25) is 0 Å². The van der Waals surface area contributed by atoms with Gasteiger partial charge < -0.3 is 5.11 Å². The third-order valence-electron chi connectivity index (χ3n) is 7.25. The molecule has 0 radical (unpaired) electrons. The minimum Gasteiger partial charge on any atom is -0.476 e. The first-order valence-corrected chi connectivity index (χ1v) is 15.4. The molecule has 0 bridgehead atoms. The van der Waals surface area contributed by atoms with Gasteiger partial charge in [0.2, 0.25) is 15.2 Å². The molecule has 1 saturated carbocycles. The monoisotopic (exact) mass is 606 g/mol. The number of rotatable bonds is 9. The number of hydrogen-bond acceptors (Lipinski definition) is 6. The quantitative estimate of drug-likeness (QED) is 0.218. The molecular weight excluding hydrogens is 582 g/mol. The number of primary sulfonamides is 1. The Bertz CT molecular complexity index is 1900. The van der Waals surface area contributed by atoms with Crippen LogP contribution in [-0.2, 0) is 22.9 Å². The fourth-order valence-corrected chi connectivity index (χ4v) is 6.22. The van der Waals surface area contributed by atoms with E-state index in [4.69, 9.17) is 10.2 Å². The van der Waals surface area contributed by atoms with Crippen LogP contribution in [-0.4, -0.2) is 40.2 Å². The molecule has 1 aliphatic carbocycles. The molecule has 0 amide bonds. The van der Waals surface area contributed by atoms with Crippen LogP contribution in [0.4, 0.5) is 8.78 Å². The van der Waals surface area contributed by atoms with E-state index in [0.29, 0.717) is 17.0 Å². The summed E-state index contributed by atoms with van der Waals surface area (Å²) in [5, 5.41) is 21.2. The molecule has 8 nitrogen and oxygen atoms in total. The number of sulfonamides is 1. The lowest BCUT2D eigenvalue weighted by molar-refractivity contribution is 0.0691. The number of carboxylic acid groups (broad SMARTS) is 1. The maximum absolute atomic E-state index is 14.2. The standard InChI is InChI=1S/C30H24F2N4O4S2/c31-30(32)16-22(30)15-26-24(13-18-9-11-23(12-10-18)42(33,39)40)27(35-36(26)29-34-25(17-41-29)28(37)38)21-8-4-7-20(14-21)19-5-2-1-3-6-19/h1-12,14,17,22H,13,15-16H2,(H,37,38)(H2,33,39,40). The van der Waals surface area contributed by atoms with E-state index in [0.717, 1.165) is 33.6 Å². The molecule has 2 heterocycles. The Hall–Kier alpha value is -4.26. The molecule has 1 aliphatic rings. The van der Waals surface area contributed by atoms with Gasteiger partial charge in [-0.2, -0.15) is 5.10 Å². The molecule has 214 valence electrons. The van der Waals surface area contributed by atoms with Gasteiger partial charge >= 0.3 is 5.97 Å². The highest BCUT2D eigenvalue weighted by atomic mass is 32.2. The van der Waals surface area contributed by atoms with Gasteiger partial charge in [0, 0.05) is 35.3 Å². The summed E-state index contributed by atoms with van der Waals surface area (Å²) in [6.07, 6.45) is 0.00326. The predicted octanol–water partition coefficient (Wildman–Crippen LogP) is 5.80. The number of alkyl halides is 2. The van der Waals surface area contributed by atoms with Crippen LogP contribution < -0.4 is 5.14 Å². The molecule has 0 saturated heterocycles. The third-order valence-corrected chi connectivity index (χ3v) is 9.00. The van der Waals surface area contributed by atoms with E-state index in [1.807, 2.05) is 54.6 Å². The van der Waals surface area contributed by atoms with E-state index < -0.39 is 27.8 Å². The average molecular weight is 607 g/mol. The number of thiazole rings is 1. The van der Waals surface area contributed by atoms with Gasteiger partial charge in [0.25, 0.3) is 5.92 Å². The molecule has 3 N–H and O–H groups in total. The van der Waals surface area contributed by atoms with Crippen molar-refractivity contribution in [1.82, 2.24) is 14.8 Å². The number of aromatic nitrogens is 3. The second kappa shape index (κ2) is 10.5. The van der Waals surface area contributed by atoms with E-state index in [2.05, 4.69) is 4.98 Å². The normalized spacial score (nSPS) is 15.9. The topological polar surface area (TPSA) is 128 Å². The van der Waals surface area contributed by atoms with E-state index in [1.54, 1.807) is 12.1 Å². The van der Waals surface area contributed by atoms with Gasteiger partial charge in [-0.15, -0.1) is 11.3 Å². The van der Waals surface area contributed by atoms with Crippen LogP contribution in [0.1, 0.15) is 33.7 Å². The van der Waals surface area contributed by atoms with Crippen molar-refractivity contribution < 1.29 is 27.1 Å². The van der Waals surface area contributed by atoms with Gasteiger partial charge in [-0.25, -0.2) is 36.8 Å². The van der Waals surface area contributed by atoms with Gasteiger partial charge in [0.1, 0.15) is 0 Å². The number of hydrogen-bond donors (Lipinski definition) is 2. The van der Waals surface area contributed by atoms with Gasteiger partial charge in [-0.3, -0.25) is 0 Å². The number of carbonyl (C=O) groups is 1. The molecule has 3 aromatic carbocycles. The maximum Gasteiger partial charge on any atom is 0.355 e. The van der Waals surface area contributed by atoms with Crippen LogP contribution in [0, 0.1) is 5.92 Å². The van der Waals surface area contributed by atoms with E-state index in [1.165, 1.54) is 22.2 Å². The summed E-state index contributed by atoms with van der Waals surface area (Å²) >= 11 is 1.06. The summed E-state index contributed by atoms with van der Waals surface area (Å²) in [6.45, 7) is 0. The van der Waals surface area contributed by atoms with Crippen LogP contribution in [0.5, 0.6) is 0 Å². The Morgan fingerprint density at radius 1 is 1.02 bits per heavy atom. The molecular formula is C30H24F2N4O4S2. The van der Waals surface area contributed by atoms with Crippen molar-refractivity contribution in [2.45, 2.75) is 30.1 Å². The fraction of sp³-hybridized carbons (Fsp3) is 0.167. The first-order chi connectivity index (χ1) is 20.0. The molecule has 2 aromatic heterocycles. The third kappa shape index (κ3) is 5.60. The van der Waals surface area contributed by atoms with Gasteiger partial charge in [-0.1, -0.05) is 60.7 Å². The summed E-state index contributed by atoms with van der Waals surface area (Å²) in [5.41, 5.74) is 4.92. The lowest BCUT2D eigenvalue weighted by atomic mass is 9.95. The van der Waals surface area contributed by atoms with Gasteiger partial charge in [0.15, 0.2) is 5.69 Å². The largest absolute Gasteiger partial charge is 0.476 e. The Balaban J connectivity index is 1.53. The van der Waals surface area contributed by atoms with Crippen molar-refractivity contribution in [3.8, 4) is 27.5 Å². The zero-order valence-electron chi connectivity index (χ0n) is 21.9. The van der Waals surface area contributed by atoms with Crippen molar-refractivity contribution in [3.05, 3.63) is 107 Å². The van der Waals surface area contributed by atoms with E-state index in [9.17, 15) is 27.1 Å². The molecule has 12 heteroatoms. The summed E-state index contributed by atoms with van der Waals surface area (Å²) in [6, 6.07) is 23.5. The van der Waals surface area contributed by atoms with Crippen LogP contribution in [0.3, 0.4) is 0 Å². The van der Waals surface area contributed by atoms with Crippen LogP contribution in [0.25, 0.3) is 27.5 Å². The number of nitrogens with two attached hydrogens (primary N) is 1. The van der Waals surface area contributed by atoms with Crippen molar-refractivity contribution in [2.24, 2.45) is 11.1 Å². The zero-order chi connectivity index (χ0) is 29.6. The number of halogens is 2. The SMILES string of the molecule is NS(=O)(=O)c1ccc(Cc2c(-c3cccc(-c4ccccc4)c3)nn(-c3nc(C(=O)O)cs3)c2CC2CC2(F)F)cc1. The first kappa shape index (κ1) is 27.9. The minimum absolute atomic E-state index is 0.00492. The summed E-state index contributed by atoms with van der Waals surface area (Å²) in [7, 11) is -3.89. The van der Waals surface area contributed by atoms with Crippen LogP contribution >= 0.6 is 11.3 Å². The van der Waals surface area contributed by atoms with E-state index >= 15 is 0 Å². The first-order valence-electron chi connectivity index (χ1n) is 12.9. The minimum atomic E-state index is -3.89. The van der Waals surface area contributed by atoms with Gasteiger partial charge in [-0.05, 0) is 41.3 Å². The lowest BCUT2D eigenvalue weighted by Crippen LogP contribution is -2.12. The van der Waals surface area contributed by atoms with Crippen LogP contribution in [0.15, 0.2) is 89.1 Å². The number of carboxylic acids is 1. The Labute approximate surface area is 244 Å². The second-order valence-electron chi connectivity index (χ2n) is 10.2. The van der Waals surface area contributed by atoms with Crippen molar-refractivity contribution in [2.75, 3.05) is 0 Å². The highest BCUT2D eigenvalue weighted by Gasteiger charge is 2.57. The molecule has 6 rings (SSSR count). The average Bonchev–Trinajstić information content (AvgIpc) is 3.28. The molecule has 0 aliphatic heterocycles. The smallest absolute Gasteiger partial charge is 0.355 e. The zero-order valence-corrected chi connectivity index (χ0v) is 23.6. The Kier molecular flexibility index (Phi) is 7.00. The van der Waals surface area contributed by atoms with Crippen molar-refractivity contribution in [1.29, 1.82) is 0 Å². The molecule has 42 heavy (non-hydrogen) atoms. The molecule has 1 atom stereocenters. The van der Waals surface area contributed by atoms with E-state index in [-0.39, 0.29) is 35.0 Å². The molecule has 0 spiro atoms. The highest BCUT2D eigenvalue weighted by Crippen LogP contribution is 2.51. The lowest BCUT2D eigenvalue weighted by Gasteiger charge is -2.10.